The van der Waals surface area contributed by atoms with Gasteiger partial charge in [0.2, 0.25) is 0 Å². The molecule has 1 aromatic heterocycles. The highest BCUT2D eigenvalue weighted by molar-refractivity contribution is 6.06. The number of ether oxygens (including phenoxy) is 2. The molecule has 0 saturated heterocycles. The number of hydrogen-bond donors (Lipinski definition) is 0. The van der Waals surface area contributed by atoms with E-state index in [-0.39, 0.29) is 11.1 Å². The van der Waals surface area contributed by atoms with E-state index in [9.17, 15) is 9.59 Å². The summed E-state index contributed by atoms with van der Waals surface area (Å²) in [4.78, 5) is 24.5. The lowest BCUT2D eigenvalue weighted by Crippen LogP contribution is -2.15. The van der Waals surface area contributed by atoms with Gasteiger partial charge in [-0.1, -0.05) is 26.7 Å². The molecule has 5 nitrogen and oxygen atoms in total. The largest absolute Gasteiger partial charge is 0.464 e. The Morgan fingerprint density at radius 3 is 2.09 bits per heavy atom. The van der Waals surface area contributed by atoms with Gasteiger partial charge < -0.3 is 13.9 Å². The molecule has 0 aliphatic heterocycles. The lowest BCUT2D eigenvalue weighted by atomic mass is 10.1. The van der Waals surface area contributed by atoms with Gasteiger partial charge in [-0.3, -0.25) is 0 Å². The molecule has 0 radical (unpaired) electrons. The zero-order valence-electron chi connectivity index (χ0n) is 13.6. The van der Waals surface area contributed by atoms with Crippen molar-refractivity contribution in [3.8, 4) is 0 Å². The van der Waals surface area contributed by atoms with Crippen molar-refractivity contribution in [3.05, 3.63) is 35.6 Å². The third-order valence-corrected chi connectivity index (χ3v) is 3.49. The fourth-order valence-electron chi connectivity index (χ4n) is 2.12. The Morgan fingerprint density at radius 2 is 1.52 bits per heavy atom. The van der Waals surface area contributed by atoms with Gasteiger partial charge in [-0.2, -0.15) is 0 Å². The summed E-state index contributed by atoms with van der Waals surface area (Å²) >= 11 is 0. The summed E-state index contributed by atoms with van der Waals surface area (Å²) in [7, 11) is 0. The number of unbranched alkanes of at least 4 members (excludes halogenated alkanes) is 2. The fraction of sp³-hybridized carbons (Fsp3) is 0.444. The van der Waals surface area contributed by atoms with Crippen LogP contribution in [0.5, 0.6) is 0 Å². The van der Waals surface area contributed by atoms with Crippen molar-refractivity contribution in [2.75, 3.05) is 13.2 Å². The van der Waals surface area contributed by atoms with Gasteiger partial charge in [-0.25, -0.2) is 9.59 Å². The number of fused-ring (bicyclic) bond motifs is 1. The van der Waals surface area contributed by atoms with E-state index in [1.54, 1.807) is 18.2 Å². The van der Waals surface area contributed by atoms with E-state index in [2.05, 4.69) is 0 Å². The smallest absolute Gasteiger partial charge is 0.339 e. The first-order chi connectivity index (χ1) is 11.2. The molecule has 0 bridgehead atoms. The molecule has 0 fully saturated rings. The minimum Gasteiger partial charge on any atom is -0.464 e. The second-order valence-electron chi connectivity index (χ2n) is 5.34. The summed E-state index contributed by atoms with van der Waals surface area (Å²) in [5, 5.41) is 0.748. The van der Waals surface area contributed by atoms with Crippen LogP contribution in [0.2, 0.25) is 0 Å². The highest BCUT2D eigenvalue weighted by Crippen LogP contribution is 2.23. The van der Waals surface area contributed by atoms with Crippen LogP contribution in [0.1, 0.15) is 60.2 Å². The van der Waals surface area contributed by atoms with Crippen LogP contribution in [0.4, 0.5) is 0 Å². The van der Waals surface area contributed by atoms with Crippen molar-refractivity contribution >= 4 is 22.9 Å². The number of hydrogen-bond acceptors (Lipinski definition) is 5. The van der Waals surface area contributed by atoms with Crippen LogP contribution in [-0.2, 0) is 9.47 Å². The van der Waals surface area contributed by atoms with E-state index in [1.807, 2.05) is 13.8 Å². The summed E-state index contributed by atoms with van der Waals surface area (Å²) < 4.78 is 15.8. The third-order valence-electron chi connectivity index (χ3n) is 3.49. The fourth-order valence-corrected chi connectivity index (χ4v) is 2.12. The second-order valence-corrected chi connectivity index (χ2v) is 5.34. The SMILES string of the molecule is CCCCOC(=O)c1cc2ccoc2cc1C(=O)OCCCC. The number of rotatable bonds is 8. The third kappa shape index (κ3) is 4.34. The quantitative estimate of drug-likeness (QED) is 0.535. The highest BCUT2D eigenvalue weighted by atomic mass is 16.5. The number of furan rings is 1. The maximum atomic E-state index is 12.3. The molecule has 0 saturated carbocycles. The molecule has 1 heterocycles. The van der Waals surface area contributed by atoms with Crippen LogP contribution >= 0.6 is 0 Å². The highest BCUT2D eigenvalue weighted by Gasteiger charge is 2.21. The average Bonchev–Trinajstić information content (AvgIpc) is 3.01. The van der Waals surface area contributed by atoms with Gasteiger partial charge in [-0.05, 0) is 31.0 Å². The molecular weight excluding hydrogens is 296 g/mol. The minimum atomic E-state index is -0.529. The molecule has 0 spiro atoms. The summed E-state index contributed by atoms with van der Waals surface area (Å²) in [6.07, 6.45) is 4.94. The van der Waals surface area contributed by atoms with Crippen LogP contribution in [-0.4, -0.2) is 25.2 Å². The topological polar surface area (TPSA) is 65.7 Å². The maximum Gasteiger partial charge on any atom is 0.339 e. The zero-order chi connectivity index (χ0) is 16.7. The molecule has 0 aliphatic rings. The van der Waals surface area contributed by atoms with Crippen LogP contribution in [0.3, 0.4) is 0 Å². The van der Waals surface area contributed by atoms with E-state index in [0.717, 1.165) is 31.1 Å². The normalized spacial score (nSPS) is 10.7. The van der Waals surface area contributed by atoms with Gasteiger partial charge in [0.15, 0.2) is 0 Å². The van der Waals surface area contributed by atoms with Gasteiger partial charge in [0.25, 0.3) is 0 Å². The Morgan fingerprint density at radius 1 is 0.957 bits per heavy atom. The summed E-state index contributed by atoms with van der Waals surface area (Å²) in [5.74, 6) is -1.04. The van der Waals surface area contributed by atoms with Crippen molar-refractivity contribution in [2.24, 2.45) is 0 Å². The van der Waals surface area contributed by atoms with Crippen LogP contribution < -0.4 is 0 Å². The van der Waals surface area contributed by atoms with Gasteiger partial charge in [0, 0.05) is 5.39 Å². The Hall–Kier alpha value is -2.30. The predicted molar refractivity (Wildman–Crippen MR) is 86.6 cm³/mol. The maximum absolute atomic E-state index is 12.3. The van der Waals surface area contributed by atoms with E-state index in [1.165, 1.54) is 6.26 Å². The molecule has 5 heteroatoms. The average molecular weight is 318 g/mol. The van der Waals surface area contributed by atoms with Crippen molar-refractivity contribution in [1.29, 1.82) is 0 Å². The van der Waals surface area contributed by atoms with Crippen molar-refractivity contribution in [3.63, 3.8) is 0 Å². The molecule has 0 unspecified atom stereocenters. The predicted octanol–water partition coefficient (Wildman–Crippen LogP) is 4.35. The molecule has 0 atom stereocenters. The molecule has 1 aromatic carbocycles. The summed E-state index contributed by atoms with van der Waals surface area (Å²) in [6.45, 7) is 4.69. The lowest BCUT2D eigenvalue weighted by molar-refractivity contribution is 0.0452. The number of carbonyl (C=O) groups is 2. The molecule has 2 aromatic rings. The molecule has 124 valence electrons. The van der Waals surface area contributed by atoms with E-state index in [0.29, 0.717) is 18.8 Å². The van der Waals surface area contributed by atoms with Crippen LogP contribution in [0, 0.1) is 0 Å². The minimum absolute atomic E-state index is 0.185. The number of carbonyl (C=O) groups excluding carboxylic acids is 2. The summed E-state index contributed by atoms with van der Waals surface area (Å²) in [6, 6.07) is 4.90. The van der Waals surface area contributed by atoms with Crippen molar-refractivity contribution in [1.82, 2.24) is 0 Å². The van der Waals surface area contributed by atoms with Crippen molar-refractivity contribution in [2.45, 2.75) is 39.5 Å². The van der Waals surface area contributed by atoms with Crippen LogP contribution in [0.25, 0.3) is 11.0 Å². The monoisotopic (exact) mass is 318 g/mol. The Kier molecular flexibility index (Phi) is 6.20. The molecule has 2 rings (SSSR count). The van der Waals surface area contributed by atoms with Gasteiger partial charge in [0.05, 0.1) is 30.6 Å². The van der Waals surface area contributed by atoms with E-state index < -0.39 is 11.9 Å². The molecular formula is C18H22O5. The van der Waals surface area contributed by atoms with E-state index >= 15 is 0 Å². The van der Waals surface area contributed by atoms with Crippen LogP contribution in [0.15, 0.2) is 28.9 Å². The molecule has 0 amide bonds. The molecule has 0 aliphatic carbocycles. The Labute approximate surface area is 135 Å². The second kappa shape index (κ2) is 8.36. The first-order valence-corrected chi connectivity index (χ1v) is 8.02. The lowest BCUT2D eigenvalue weighted by Gasteiger charge is -2.10. The van der Waals surface area contributed by atoms with Gasteiger partial charge in [0.1, 0.15) is 5.58 Å². The first-order valence-electron chi connectivity index (χ1n) is 8.02. The molecule has 23 heavy (non-hydrogen) atoms. The number of benzene rings is 1. The number of esters is 2. The standard InChI is InChI=1S/C18H22O5/c1-3-5-8-22-17(19)14-11-13-7-10-21-16(13)12-15(14)18(20)23-9-6-4-2/h7,10-12H,3-6,8-9H2,1-2H3. The Bertz CT molecular complexity index is 615. The first kappa shape index (κ1) is 17.1. The summed E-state index contributed by atoms with van der Waals surface area (Å²) in [5.41, 5.74) is 0.944. The van der Waals surface area contributed by atoms with Gasteiger partial charge in [-0.15, -0.1) is 0 Å². The van der Waals surface area contributed by atoms with Gasteiger partial charge >= 0.3 is 11.9 Å². The van der Waals surface area contributed by atoms with E-state index in [4.69, 9.17) is 13.9 Å². The van der Waals surface area contributed by atoms with Crippen molar-refractivity contribution < 1.29 is 23.5 Å². The zero-order valence-corrected chi connectivity index (χ0v) is 13.6. The molecule has 0 N–H and O–H groups in total. The Balaban J connectivity index is 2.26.